The van der Waals surface area contributed by atoms with Crippen LogP contribution in [-0.4, -0.2) is 29.2 Å². The molecule has 0 spiro atoms. The van der Waals surface area contributed by atoms with Crippen molar-refractivity contribution in [3.8, 4) is 5.75 Å². The molecule has 0 bridgehead atoms. The fourth-order valence-electron chi connectivity index (χ4n) is 2.37. The molecule has 5 nitrogen and oxygen atoms in total. The van der Waals surface area contributed by atoms with Crippen molar-refractivity contribution in [2.24, 2.45) is 0 Å². The maximum Gasteiger partial charge on any atom is 0.309 e. The second-order valence-electron chi connectivity index (χ2n) is 6.69. The number of carboxylic acids is 1. The van der Waals surface area contributed by atoms with Crippen LogP contribution < -0.4 is 10.1 Å². The number of ether oxygens (including phenoxy) is 1. The molecule has 0 atom stereocenters. The van der Waals surface area contributed by atoms with Crippen molar-refractivity contribution < 1.29 is 14.6 Å². The number of thiazole rings is 1. The van der Waals surface area contributed by atoms with Gasteiger partial charge in [0.05, 0.1) is 18.7 Å². The average Bonchev–Trinajstić information content (AvgIpc) is 2.90. The summed E-state index contributed by atoms with van der Waals surface area (Å²) in [6.45, 7) is 9.70. The third kappa shape index (κ3) is 4.96. The van der Waals surface area contributed by atoms with Gasteiger partial charge in [-0.1, -0.05) is 39.0 Å². The van der Waals surface area contributed by atoms with Gasteiger partial charge in [-0.25, -0.2) is 4.98 Å². The molecule has 0 aliphatic heterocycles. The first-order valence-corrected chi connectivity index (χ1v) is 8.78. The van der Waals surface area contributed by atoms with Gasteiger partial charge in [0, 0.05) is 5.38 Å². The van der Waals surface area contributed by atoms with E-state index in [2.05, 4.69) is 56.2 Å². The summed E-state index contributed by atoms with van der Waals surface area (Å²) in [5, 5.41) is 14.4. The minimum absolute atomic E-state index is 0.0236. The van der Waals surface area contributed by atoms with Gasteiger partial charge in [0.15, 0.2) is 5.13 Å². The smallest absolute Gasteiger partial charge is 0.309 e. The quantitative estimate of drug-likeness (QED) is 0.743. The lowest BCUT2D eigenvalue weighted by Crippen LogP contribution is -2.17. The molecule has 0 radical (unpaired) electrons. The summed E-state index contributed by atoms with van der Waals surface area (Å²) in [5.74, 6) is 0.0713. The topological polar surface area (TPSA) is 71.5 Å². The molecular formula is C18H24N2O3S. The van der Waals surface area contributed by atoms with Gasteiger partial charge < -0.3 is 15.2 Å². The molecule has 0 aliphatic carbocycles. The molecule has 0 fully saturated rings. The number of para-hydroxylation sites is 1. The van der Waals surface area contributed by atoms with E-state index in [9.17, 15) is 4.79 Å². The maximum atomic E-state index is 10.7. The summed E-state index contributed by atoms with van der Waals surface area (Å²) in [4.78, 5) is 14.9. The molecule has 130 valence electrons. The van der Waals surface area contributed by atoms with E-state index in [4.69, 9.17) is 9.84 Å². The van der Waals surface area contributed by atoms with E-state index in [1.807, 2.05) is 0 Å². The van der Waals surface area contributed by atoms with Gasteiger partial charge in [0.2, 0.25) is 0 Å². The lowest BCUT2D eigenvalue weighted by atomic mass is 9.85. The minimum Gasteiger partial charge on any atom is -0.491 e. The Bertz CT molecular complexity index is 705. The van der Waals surface area contributed by atoms with Crippen LogP contribution >= 0.6 is 11.3 Å². The number of rotatable bonds is 7. The van der Waals surface area contributed by atoms with E-state index in [0.717, 1.165) is 16.4 Å². The van der Waals surface area contributed by atoms with Crippen molar-refractivity contribution >= 4 is 22.4 Å². The summed E-state index contributed by atoms with van der Waals surface area (Å²) >= 11 is 1.41. The maximum absolute atomic E-state index is 10.7. The molecule has 24 heavy (non-hydrogen) atoms. The van der Waals surface area contributed by atoms with Crippen LogP contribution in [0.25, 0.3) is 0 Å². The third-order valence-corrected chi connectivity index (χ3v) is 4.38. The fourth-order valence-corrected chi connectivity index (χ4v) is 3.11. The van der Waals surface area contributed by atoms with Gasteiger partial charge in [-0.2, -0.15) is 0 Å². The summed E-state index contributed by atoms with van der Waals surface area (Å²) in [5.41, 5.74) is 2.92. The molecule has 0 unspecified atom stereocenters. The number of anilines is 1. The highest BCUT2D eigenvalue weighted by molar-refractivity contribution is 7.13. The molecule has 0 aliphatic rings. The van der Waals surface area contributed by atoms with Crippen molar-refractivity contribution in [3.05, 3.63) is 40.4 Å². The number of aryl methyl sites for hydroxylation is 1. The van der Waals surface area contributed by atoms with Crippen LogP contribution in [0.3, 0.4) is 0 Å². The van der Waals surface area contributed by atoms with E-state index in [-0.39, 0.29) is 11.8 Å². The van der Waals surface area contributed by atoms with Crippen LogP contribution in [0.1, 0.15) is 37.6 Å². The summed E-state index contributed by atoms with van der Waals surface area (Å²) in [7, 11) is 0. The number of benzene rings is 1. The number of hydrogen-bond acceptors (Lipinski definition) is 5. The number of nitrogens with one attached hydrogen (secondary N) is 1. The monoisotopic (exact) mass is 348 g/mol. The number of hydrogen-bond donors (Lipinski definition) is 2. The number of nitrogens with zero attached hydrogens (tertiary/aromatic N) is 1. The zero-order valence-electron chi connectivity index (χ0n) is 14.5. The molecule has 2 N–H and O–H groups in total. The third-order valence-electron chi connectivity index (χ3n) is 3.53. The van der Waals surface area contributed by atoms with E-state index in [1.54, 1.807) is 5.38 Å². The van der Waals surface area contributed by atoms with Crippen LogP contribution in [0.15, 0.2) is 23.6 Å². The van der Waals surface area contributed by atoms with Gasteiger partial charge in [0.25, 0.3) is 0 Å². The van der Waals surface area contributed by atoms with E-state index >= 15 is 0 Å². The molecule has 6 heteroatoms. The standard InChI is InChI=1S/C18H24N2O3S/c1-12-6-5-7-14(18(2,3)4)16(12)23-9-8-19-17-20-13(11-24-17)10-15(21)22/h5-7,11H,8-10H2,1-4H3,(H,19,20)(H,21,22). The van der Waals surface area contributed by atoms with E-state index < -0.39 is 5.97 Å². The normalized spacial score (nSPS) is 11.3. The van der Waals surface area contributed by atoms with Crippen LogP contribution in [0.4, 0.5) is 5.13 Å². The summed E-state index contributed by atoms with van der Waals surface area (Å²) in [6.07, 6.45) is -0.0488. The Morgan fingerprint density at radius 1 is 1.38 bits per heavy atom. The van der Waals surface area contributed by atoms with Crippen molar-refractivity contribution in [1.82, 2.24) is 4.98 Å². The van der Waals surface area contributed by atoms with Crippen LogP contribution in [0.2, 0.25) is 0 Å². The molecule has 0 saturated carbocycles. The van der Waals surface area contributed by atoms with Crippen molar-refractivity contribution in [2.75, 3.05) is 18.5 Å². The lowest BCUT2D eigenvalue weighted by molar-refractivity contribution is -0.136. The number of carbonyl (C=O) groups is 1. The van der Waals surface area contributed by atoms with E-state index in [1.165, 1.54) is 16.9 Å². The summed E-state index contributed by atoms with van der Waals surface area (Å²) < 4.78 is 6.01. The predicted molar refractivity (Wildman–Crippen MR) is 97.3 cm³/mol. The first kappa shape index (κ1) is 18.3. The Hall–Kier alpha value is -2.08. The minimum atomic E-state index is -0.871. The number of carboxylic acid groups (broad SMARTS) is 1. The molecule has 1 aromatic heterocycles. The number of aliphatic carboxylic acids is 1. The second-order valence-corrected chi connectivity index (χ2v) is 7.55. The zero-order valence-corrected chi connectivity index (χ0v) is 15.4. The molecule has 1 heterocycles. The van der Waals surface area contributed by atoms with Crippen LogP contribution in [0.5, 0.6) is 5.75 Å². The Balaban J connectivity index is 1.91. The Morgan fingerprint density at radius 3 is 2.79 bits per heavy atom. The molecule has 0 saturated heterocycles. The van der Waals surface area contributed by atoms with Crippen molar-refractivity contribution in [2.45, 2.75) is 39.5 Å². The molecule has 2 aromatic rings. The highest BCUT2D eigenvalue weighted by atomic mass is 32.1. The van der Waals surface area contributed by atoms with Gasteiger partial charge in [-0.05, 0) is 23.5 Å². The van der Waals surface area contributed by atoms with Crippen molar-refractivity contribution in [3.63, 3.8) is 0 Å². The Labute approximate surface area is 146 Å². The first-order chi connectivity index (χ1) is 11.3. The highest BCUT2D eigenvalue weighted by Crippen LogP contribution is 2.33. The van der Waals surface area contributed by atoms with Gasteiger partial charge in [0.1, 0.15) is 12.4 Å². The largest absolute Gasteiger partial charge is 0.491 e. The van der Waals surface area contributed by atoms with Crippen LogP contribution in [0, 0.1) is 6.92 Å². The average molecular weight is 348 g/mol. The van der Waals surface area contributed by atoms with Gasteiger partial charge >= 0.3 is 5.97 Å². The molecule has 2 rings (SSSR count). The predicted octanol–water partition coefficient (Wildman–Crippen LogP) is 3.87. The van der Waals surface area contributed by atoms with Gasteiger partial charge in [-0.15, -0.1) is 11.3 Å². The summed E-state index contributed by atoms with van der Waals surface area (Å²) in [6, 6.07) is 6.21. The first-order valence-electron chi connectivity index (χ1n) is 7.90. The second kappa shape index (κ2) is 7.66. The SMILES string of the molecule is Cc1cccc(C(C)(C)C)c1OCCNc1nc(CC(=O)O)cs1. The Morgan fingerprint density at radius 2 is 2.12 bits per heavy atom. The van der Waals surface area contributed by atoms with Crippen LogP contribution in [-0.2, 0) is 16.6 Å². The fraction of sp³-hybridized carbons (Fsp3) is 0.444. The highest BCUT2D eigenvalue weighted by Gasteiger charge is 2.20. The molecule has 0 amide bonds. The molecular weight excluding hydrogens is 324 g/mol. The van der Waals surface area contributed by atoms with Gasteiger partial charge in [-0.3, -0.25) is 4.79 Å². The lowest BCUT2D eigenvalue weighted by Gasteiger charge is -2.24. The number of aromatic nitrogens is 1. The Kier molecular flexibility index (Phi) is 5.83. The zero-order chi connectivity index (χ0) is 17.7. The van der Waals surface area contributed by atoms with Crippen molar-refractivity contribution in [1.29, 1.82) is 0 Å². The molecule has 1 aromatic carbocycles. The van der Waals surface area contributed by atoms with E-state index in [0.29, 0.717) is 18.8 Å².